The predicted molar refractivity (Wildman–Crippen MR) is 81.3 cm³/mol. The van der Waals surface area contributed by atoms with Crippen molar-refractivity contribution in [1.82, 2.24) is 24.8 Å². The van der Waals surface area contributed by atoms with Gasteiger partial charge in [0.05, 0.1) is 5.69 Å². The maximum absolute atomic E-state index is 3.98. The molecular formula is C15H18N6. The van der Waals surface area contributed by atoms with E-state index >= 15 is 0 Å². The number of nitrogens with zero attached hydrogens (tertiary/aromatic N) is 5. The number of hydrogen-bond donors (Lipinski definition) is 1. The van der Waals surface area contributed by atoms with Gasteiger partial charge in [-0.05, 0) is 54.1 Å². The first-order valence-electron chi connectivity index (χ1n) is 7.00. The first-order chi connectivity index (χ1) is 10.3. The van der Waals surface area contributed by atoms with Crippen LogP contribution < -0.4 is 5.32 Å². The average Bonchev–Trinajstić information content (AvgIpc) is 3.14. The van der Waals surface area contributed by atoms with E-state index in [-0.39, 0.29) is 0 Å². The summed E-state index contributed by atoms with van der Waals surface area (Å²) in [6, 6.07) is 10.2. The molecule has 0 amide bonds. The van der Waals surface area contributed by atoms with Crippen LogP contribution in [0.4, 0.5) is 5.69 Å². The van der Waals surface area contributed by atoms with Crippen LogP contribution in [-0.2, 0) is 13.1 Å². The summed E-state index contributed by atoms with van der Waals surface area (Å²) < 4.78 is 3.89. The molecule has 2 heterocycles. The van der Waals surface area contributed by atoms with Crippen molar-refractivity contribution in [3.8, 4) is 5.69 Å². The highest BCUT2D eigenvalue weighted by molar-refractivity contribution is 5.51. The molecule has 2 aromatic heterocycles. The molecule has 0 bridgehead atoms. The maximum Gasteiger partial charge on any atom is 0.153 e. The lowest BCUT2D eigenvalue weighted by Gasteiger charge is -2.08. The summed E-state index contributed by atoms with van der Waals surface area (Å²) in [6.45, 7) is 5.81. The average molecular weight is 282 g/mol. The SMILES string of the molecule is CCn1ccc(CNc2cccc(-n3nnnc3C)c2)c1. The van der Waals surface area contributed by atoms with Crippen LogP contribution in [0.3, 0.4) is 0 Å². The van der Waals surface area contributed by atoms with Crippen molar-refractivity contribution >= 4 is 5.69 Å². The summed E-state index contributed by atoms with van der Waals surface area (Å²) in [4.78, 5) is 0. The Morgan fingerprint density at radius 3 is 2.86 bits per heavy atom. The van der Waals surface area contributed by atoms with Crippen LogP contribution in [-0.4, -0.2) is 24.8 Å². The quantitative estimate of drug-likeness (QED) is 0.780. The summed E-state index contributed by atoms with van der Waals surface area (Å²) in [5, 5.41) is 15.0. The fourth-order valence-electron chi connectivity index (χ4n) is 2.21. The van der Waals surface area contributed by atoms with E-state index in [1.54, 1.807) is 4.68 Å². The van der Waals surface area contributed by atoms with Gasteiger partial charge >= 0.3 is 0 Å². The molecule has 1 aromatic carbocycles. The number of rotatable bonds is 5. The third kappa shape index (κ3) is 2.94. The molecule has 0 saturated heterocycles. The van der Waals surface area contributed by atoms with Crippen molar-refractivity contribution in [1.29, 1.82) is 0 Å². The number of hydrogen-bond acceptors (Lipinski definition) is 4. The molecule has 0 unspecified atom stereocenters. The minimum atomic E-state index is 0.771. The van der Waals surface area contributed by atoms with Crippen molar-refractivity contribution in [3.05, 3.63) is 54.1 Å². The number of tetrazole rings is 1. The van der Waals surface area contributed by atoms with Gasteiger partial charge in [0, 0.05) is 31.2 Å². The molecular weight excluding hydrogens is 264 g/mol. The lowest BCUT2D eigenvalue weighted by Crippen LogP contribution is -2.02. The second kappa shape index (κ2) is 5.78. The Morgan fingerprint density at radius 2 is 2.14 bits per heavy atom. The number of aryl methyl sites for hydroxylation is 2. The molecule has 1 N–H and O–H groups in total. The second-order valence-corrected chi connectivity index (χ2v) is 4.89. The zero-order valence-corrected chi connectivity index (χ0v) is 12.2. The van der Waals surface area contributed by atoms with Gasteiger partial charge in [-0.15, -0.1) is 5.10 Å². The molecule has 0 aliphatic heterocycles. The molecule has 108 valence electrons. The van der Waals surface area contributed by atoms with E-state index in [9.17, 15) is 0 Å². The molecule has 3 rings (SSSR count). The number of aromatic nitrogens is 5. The Kier molecular flexibility index (Phi) is 3.68. The normalized spacial score (nSPS) is 10.8. The molecule has 0 spiro atoms. The molecule has 0 aliphatic rings. The largest absolute Gasteiger partial charge is 0.381 e. The van der Waals surface area contributed by atoms with Crippen molar-refractivity contribution in [2.24, 2.45) is 0 Å². The summed E-state index contributed by atoms with van der Waals surface area (Å²) >= 11 is 0. The van der Waals surface area contributed by atoms with E-state index in [0.29, 0.717) is 0 Å². The Bertz CT molecular complexity index is 727. The molecule has 6 nitrogen and oxygen atoms in total. The van der Waals surface area contributed by atoms with Gasteiger partial charge in [0.25, 0.3) is 0 Å². The standard InChI is InChI=1S/C15H18N6/c1-3-20-8-7-13(11-20)10-16-14-5-4-6-15(9-14)21-12(2)17-18-19-21/h4-9,11,16H,3,10H2,1-2H3. The molecule has 21 heavy (non-hydrogen) atoms. The van der Waals surface area contributed by atoms with E-state index in [1.807, 2.05) is 31.2 Å². The van der Waals surface area contributed by atoms with Crippen molar-refractivity contribution < 1.29 is 0 Å². The van der Waals surface area contributed by atoms with Gasteiger partial charge in [0.2, 0.25) is 0 Å². The highest BCUT2D eigenvalue weighted by atomic mass is 15.5. The monoisotopic (exact) mass is 282 g/mol. The molecule has 0 aliphatic carbocycles. The van der Waals surface area contributed by atoms with E-state index in [2.05, 4.69) is 50.8 Å². The van der Waals surface area contributed by atoms with Gasteiger partial charge in [-0.3, -0.25) is 0 Å². The van der Waals surface area contributed by atoms with Crippen molar-refractivity contribution in [2.75, 3.05) is 5.32 Å². The van der Waals surface area contributed by atoms with Crippen LogP contribution in [0.25, 0.3) is 5.69 Å². The minimum absolute atomic E-state index is 0.771. The lowest BCUT2D eigenvalue weighted by molar-refractivity contribution is 0.766. The molecule has 6 heteroatoms. The first kappa shape index (κ1) is 13.4. The van der Waals surface area contributed by atoms with Crippen molar-refractivity contribution in [2.45, 2.75) is 26.9 Å². The topological polar surface area (TPSA) is 60.6 Å². The fourth-order valence-corrected chi connectivity index (χ4v) is 2.21. The van der Waals surface area contributed by atoms with E-state index in [0.717, 1.165) is 30.3 Å². The first-order valence-corrected chi connectivity index (χ1v) is 7.00. The number of anilines is 1. The van der Waals surface area contributed by atoms with Crippen LogP contribution in [0.15, 0.2) is 42.7 Å². The Labute approximate surface area is 123 Å². The fraction of sp³-hybridized carbons (Fsp3) is 0.267. The zero-order valence-electron chi connectivity index (χ0n) is 12.2. The van der Waals surface area contributed by atoms with Gasteiger partial charge in [-0.2, -0.15) is 4.68 Å². The minimum Gasteiger partial charge on any atom is -0.381 e. The van der Waals surface area contributed by atoms with Crippen LogP contribution in [0, 0.1) is 6.92 Å². The van der Waals surface area contributed by atoms with Gasteiger partial charge in [0.1, 0.15) is 0 Å². The summed E-state index contributed by atoms with van der Waals surface area (Å²) in [7, 11) is 0. The van der Waals surface area contributed by atoms with Crippen LogP contribution >= 0.6 is 0 Å². The van der Waals surface area contributed by atoms with Crippen molar-refractivity contribution in [3.63, 3.8) is 0 Å². The lowest BCUT2D eigenvalue weighted by atomic mass is 10.2. The molecule has 3 aromatic rings. The molecule has 0 fully saturated rings. The van der Waals surface area contributed by atoms with Gasteiger partial charge < -0.3 is 9.88 Å². The van der Waals surface area contributed by atoms with E-state index < -0.39 is 0 Å². The molecule has 0 saturated carbocycles. The van der Waals surface area contributed by atoms with E-state index in [4.69, 9.17) is 0 Å². The highest BCUT2D eigenvalue weighted by Crippen LogP contribution is 2.15. The zero-order chi connectivity index (χ0) is 14.7. The summed E-state index contributed by atoms with van der Waals surface area (Å²) in [5.74, 6) is 0.771. The third-order valence-corrected chi connectivity index (χ3v) is 3.39. The van der Waals surface area contributed by atoms with Crippen LogP contribution in [0.1, 0.15) is 18.3 Å². The third-order valence-electron chi connectivity index (χ3n) is 3.39. The van der Waals surface area contributed by atoms with Crippen LogP contribution in [0.2, 0.25) is 0 Å². The molecule has 0 atom stereocenters. The van der Waals surface area contributed by atoms with Gasteiger partial charge in [-0.1, -0.05) is 6.07 Å². The Balaban J connectivity index is 1.73. The smallest absolute Gasteiger partial charge is 0.153 e. The van der Waals surface area contributed by atoms with E-state index in [1.165, 1.54) is 5.56 Å². The maximum atomic E-state index is 3.98. The number of nitrogens with one attached hydrogen (secondary N) is 1. The Morgan fingerprint density at radius 1 is 1.24 bits per heavy atom. The van der Waals surface area contributed by atoms with Gasteiger partial charge in [0.15, 0.2) is 5.82 Å². The highest BCUT2D eigenvalue weighted by Gasteiger charge is 2.04. The Hall–Kier alpha value is -2.63. The van der Waals surface area contributed by atoms with Gasteiger partial charge in [-0.25, -0.2) is 0 Å². The summed E-state index contributed by atoms with van der Waals surface area (Å²) in [5.41, 5.74) is 3.26. The number of benzene rings is 1. The second-order valence-electron chi connectivity index (χ2n) is 4.89. The molecule has 0 radical (unpaired) electrons. The summed E-state index contributed by atoms with van der Waals surface area (Å²) in [6.07, 6.45) is 4.25. The predicted octanol–water partition coefficient (Wildman–Crippen LogP) is 2.40. The van der Waals surface area contributed by atoms with Crippen LogP contribution in [0.5, 0.6) is 0 Å².